The number of carbonyl (C=O) groups excluding carboxylic acids is 1. The maximum Gasteiger partial charge on any atom is 0.272 e. The molecule has 1 aliphatic heterocycles. The van der Waals surface area contributed by atoms with Gasteiger partial charge in [0.25, 0.3) is 5.91 Å². The molecule has 0 atom stereocenters. The van der Waals surface area contributed by atoms with Crippen LogP contribution in [0.5, 0.6) is 0 Å². The summed E-state index contributed by atoms with van der Waals surface area (Å²) in [5.41, 5.74) is 4.74. The Hall–Kier alpha value is -3.21. The normalized spacial score (nSPS) is 13.6. The Morgan fingerprint density at radius 3 is 2.31 bits per heavy atom. The van der Waals surface area contributed by atoms with E-state index >= 15 is 0 Å². The number of aliphatic imine (C=N–C) groups is 1. The summed E-state index contributed by atoms with van der Waals surface area (Å²) < 4.78 is 1.78. The van der Waals surface area contributed by atoms with Gasteiger partial charge in [0.05, 0.1) is 12.3 Å². The second-order valence-electron chi connectivity index (χ2n) is 6.24. The van der Waals surface area contributed by atoms with E-state index in [1.807, 2.05) is 60.7 Å². The standard InChI is InChI=1S/C21H20N4O/c1-2-13-25-20-19(18(24-25)16-11-7-4-8-12-16)23-17(14-22-21(20)26)15-9-5-3-6-10-15/h3-12H,2,13-14H2,1H3,(H,22,26). The molecule has 5 nitrogen and oxygen atoms in total. The molecule has 0 saturated heterocycles. The number of nitrogens with one attached hydrogen (secondary N) is 1. The van der Waals surface area contributed by atoms with Gasteiger partial charge in [0.1, 0.15) is 11.4 Å². The summed E-state index contributed by atoms with van der Waals surface area (Å²) in [5, 5.41) is 7.70. The van der Waals surface area contributed by atoms with Gasteiger partial charge >= 0.3 is 0 Å². The number of aryl methyl sites for hydroxylation is 1. The molecule has 4 rings (SSSR count). The van der Waals surface area contributed by atoms with Gasteiger partial charge in [0, 0.05) is 12.1 Å². The van der Waals surface area contributed by atoms with Crippen molar-refractivity contribution in [3.05, 3.63) is 71.9 Å². The molecule has 1 N–H and O–H groups in total. The van der Waals surface area contributed by atoms with Crippen LogP contribution in [0.2, 0.25) is 0 Å². The van der Waals surface area contributed by atoms with Crippen LogP contribution >= 0.6 is 0 Å². The number of aromatic nitrogens is 2. The molecule has 0 bridgehead atoms. The number of nitrogens with zero attached hydrogens (tertiary/aromatic N) is 3. The van der Waals surface area contributed by atoms with Gasteiger partial charge < -0.3 is 5.32 Å². The van der Waals surface area contributed by atoms with Gasteiger partial charge in [-0.2, -0.15) is 5.10 Å². The number of carbonyl (C=O) groups is 1. The highest BCUT2D eigenvalue weighted by molar-refractivity contribution is 6.11. The summed E-state index contributed by atoms with van der Waals surface area (Å²) in [6, 6.07) is 19.9. The number of rotatable bonds is 4. The maximum absolute atomic E-state index is 12.8. The zero-order valence-electron chi connectivity index (χ0n) is 14.6. The molecule has 5 heteroatoms. The van der Waals surface area contributed by atoms with Crippen LogP contribution < -0.4 is 5.32 Å². The molecule has 0 aliphatic carbocycles. The lowest BCUT2D eigenvalue weighted by Crippen LogP contribution is -2.30. The average molecular weight is 344 g/mol. The number of hydrogen-bond donors (Lipinski definition) is 1. The first-order valence-electron chi connectivity index (χ1n) is 8.85. The number of fused-ring (bicyclic) bond motifs is 1. The van der Waals surface area contributed by atoms with Crippen LogP contribution in [-0.2, 0) is 6.54 Å². The first-order valence-corrected chi connectivity index (χ1v) is 8.85. The van der Waals surface area contributed by atoms with Crippen LogP contribution in [0.25, 0.3) is 11.3 Å². The molecule has 130 valence electrons. The quantitative estimate of drug-likeness (QED) is 0.782. The molecular weight excluding hydrogens is 324 g/mol. The van der Waals surface area contributed by atoms with Crippen LogP contribution in [0.15, 0.2) is 65.7 Å². The van der Waals surface area contributed by atoms with Crippen molar-refractivity contribution in [2.75, 3.05) is 6.54 Å². The molecular formula is C21H20N4O. The highest BCUT2D eigenvalue weighted by Gasteiger charge is 2.27. The minimum atomic E-state index is -0.127. The molecule has 2 aromatic carbocycles. The zero-order chi connectivity index (χ0) is 17.9. The van der Waals surface area contributed by atoms with Crippen LogP contribution in [0, 0.1) is 0 Å². The van der Waals surface area contributed by atoms with E-state index in [0.29, 0.717) is 24.5 Å². The van der Waals surface area contributed by atoms with E-state index in [4.69, 9.17) is 10.1 Å². The fraction of sp³-hybridized carbons (Fsp3) is 0.190. The summed E-state index contributed by atoms with van der Waals surface area (Å²) in [7, 11) is 0. The summed E-state index contributed by atoms with van der Waals surface area (Å²) in [6.07, 6.45) is 0.894. The van der Waals surface area contributed by atoms with E-state index in [1.165, 1.54) is 0 Å². The Balaban J connectivity index is 1.93. The minimum Gasteiger partial charge on any atom is -0.345 e. The molecule has 0 unspecified atom stereocenters. The SMILES string of the molecule is CCCn1nc(-c2ccccc2)c2c1C(=O)NCC(c1ccccc1)=N2. The Morgan fingerprint density at radius 1 is 1.00 bits per heavy atom. The molecule has 2 heterocycles. The van der Waals surface area contributed by atoms with Gasteiger partial charge in [0.15, 0.2) is 5.69 Å². The topological polar surface area (TPSA) is 59.3 Å². The molecule has 0 saturated carbocycles. The zero-order valence-corrected chi connectivity index (χ0v) is 14.6. The van der Waals surface area contributed by atoms with E-state index in [-0.39, 0.29) is 5.91 Å². The van der Waals surface area contributed by atoms with Gasteiger partial charge in [-0.1, -0.05) is 67.6 Å². The van der Waals surface area contributed by atoms with Crippen molar-refractivity contribution in [3.63, 3.8) is 0 Å². The molecule has 0 radical (unpaired) electrons. The van der Waals surface area contributed by atoms with Crippen molar-refractivity contribution >= 4 is 17.3 Å². The van der Waals surface area contributed by atoms with Gasteiger partial charge in [-0.15, -0.1) is 0 Å². The molecule has 0 fully saturated rings. The molecule has 3 aromatic rings. The van der Waals surface area contributed by atoms with Crippen LogP contribution in [0.3, 0.4) is 0 Å². The lowest BCUT2D eigenvalue weighted by Gasteiger charge is -2.06. The van der Waals surface area contributed by atoms with E-state index in [1.54, 1.807) is 4.68 Å². The summed E-state index contributed by atoms with van der Waals surface area (Å²) in [6.45, 7) is 3.15. The highest BCUT2D eigenvalue weighted by atomic mass is 16.2. The van der Waals surface area contributed by atoms with E-state index in [9.17, 15) is 4.79 Å². The highest BCUT2D eigenvalue weighted by Crippen LogP contribution is 2.34. The number of benzene rings is 2. The van der Waals surface area contributed by atoms with Gasteiger partial charge in [-0.25, -0.2) is 4.99 Å². The molecule has 1 amide bonds. The maximum atomic E-state index is 12.8. The fourth-order valence-electron chi connectivity index (χ4n) is 3.17. The van der Waals surface area contributed by atoms with Crippen molar-refractivity contribution in [1.29, 1.82) is 0 Å². The monoisotopic (exact) mass is 344 g/mol. The van der Waals surface area contributed by atoms with Crippen molar-refractivity contribution in [2.24, 2.45) is 4.99 Å². The van der Waals surface area contributed by atoms with Crippen LogP contribution in [-0.4, -0.2) is 27.9 Å². The number of amides is 1. The van der Waals surface area contributed by atoms with Gasteiger partial charge in [-0.3, -0.25) is 9.48 Å². The first kappa shape index (κ1) is 16.3. The van der Waals surface area contributed by atoms with Crippen LogP contribution in [0.4, 0.5) is 5.69 Å². The Kier molecular flexibility index (Phi) is 4.35. The molecule has 0 spiro atoms. The Morgan fingerprint density at radius 2 is 1.65 bits per heavy atom. The lowest BCUT2D eigenvalue weighted by molar-refractivity contribution is 0.0950. The predicted molar refractivity (Wildman–Crippen MR) is 103 cm³/mol. The van der Waals surface area contributed by atoms with E-state index in [0.717, 1.165) is 29.0 Å². The summed E-state index contributed by atoms with van der Waals surface area (Å²) in [4.78, 5) is 17.7. The van der Waals surface area contributed by atoms with Crippen molar-refractivity contribution < 1.29 is 4.79 Å². The molecule has 1 aliphatic rings. The second-order valence-corrected chi connectivity index (χ2v) is 6.24. The lowest BCUT2D eigenvalue weighted by atomic mass is 10.1. The summed E-state index contributed by atoms with van der Waals surface area (Å²) in [5.74, 6) is -0.127. The first-order chi connectivity index (χ1) is 12.8. The smallest absolute Gasteiger partial charge is 0.272 e. The third-order valence-electron chi connectivity index (χ3n) is 4.40. The Labute approximate surface area is 152 Å². The largest absolute Gasteiger partial charge is 0.345 e. The van der Waals surface area contributed by atoms with E-state index in [2.05, 4.69) is 12.2 Å². The van der Waals surface area contributed by atoms with Crippen LogP contribution in [0.1, 0.15) is 29.4 Å². The van der Waals surface area contributed by atoms with Crippen molar-refractivity contribution in [2.45, 2.75) is 19.9 Å². The second kappa shape index (κ2) is 6.96. The predicted octanol–water partition coefficient (Wildman–Crippen LogP) is 3.82. The fourth-order valence-corrected chi connectivity index (χ4v) is 3.17. The van der Waals surface area contributed by atoms with Gasteiger partial charge in [-0.05, 0) is 12.0 Å². The average Bonchev–Trinajstić information content (AvgIpc) is 2.94. The Bertz CT molecular complexity index is 958. The molecule has 1 aromatic heterocycles. The third-order valence-corrected chi connectivity index (χ3v) is 4.40. The van der Waals surface area contributed by atoms with Crippen molar-refractivity contribution in [3.8, 4) is 11.3 Å². The summed E-state index contributed by atoms with van der Waals surface area (Å²) >= 11 is 0. The minimum absolute atomic E-state index is 0.127. The molecule has 26 heavy (non-hydrogen) atoms. The van der Waals surface area contributed by atoms with E-state index < -0.39 is 0 Å². The third kappa shape index (κ3) is 2.92. The van der Waals surface area contributed by atoms with Gasteiger partial charge in [0.2, 0.25) is 0 Å². The number of hydrogen-bond acceptors (Lipinski definition) is 3. The van der Waals surface area contributed by atoms with Crippen molar-refractivity contribution in [1.82, 2.24) is 15.1 Å².